The van der Waals surface area contributed by atoms with E-state index in [0.29, 0.717) is 6.54 Å². The van der Waals surface area contributed by atoms with Gasteiger partial charge in [0.2, 0.25) is 0 Å². The zero-order valence-corrected chi connectivity index (χ0v) is 16.1. The molecule has 2 aromatic rings. The Hall–Kier alpha value is -2.57. The molecule has 1 saturated carbocycles. The predicted octanol–water partition coefficient (Wildman–Crippen LogP) is 2.71. The van der Waals surface area contributed by atoms with Crippen molar-refractivity contribution in [3.8, 4) is 5.75 Å². The highest BCUT2D eigenvalue weighted by Gasteiger charge is 2.43. The number of aryl methyl sites for hydroxylation is 1. The van der Waals surface area contributed by atoms with Gasteiger partial charge in [0, 0.05) is 25.6 Å². The minimum absolute atomic E-state index is 0.0348. The van der Waals surface area contributed by atoms with Crippen LogP contribution in [-0.2, 0) is 13.6 Å². The molecule has 1 spiro atoms. The predicted molar refractivity (Wildman–Crippen MR) is 105 cm³/mol. The summed E-state index contributed by atoms with van der Waals surface area (Å²) in [5, 5.41) is 11.1. The molecule has 0 bridgehead atoms. The van der Waals surface area contributed by atoms with Crippen molar-refractivity contribution in [3.63, 3.8) is 0 Å². The summed E-state index contributed by atoms with van der Waals surface area (Å²) in [5.41, 5.74) is 1.17. The third-order valence-corrected chi connectivity index (χ3v) is 5.55. The zero-order chi connectivity index (χ0) is 18.7. The molecule has 1 fully saturated rings. The average Bonchev–Trinajstić information content (AvgIpc) is 3.29. The van der Waals surface area contributed by atoms with Crippen LogP contribution in [0, 0.1) is 0 Å². The van der Waals surface area contributed by atoms with Gasteiger partial charge in [-0.2, -0.15) is 5.10 Å². The number of aliphatic imine (C=N–C) groups is 1. The molecular formula is C20H28N6O. The van der Waals surface area contributed by atoms with E-state index in [1.807, 2.05) is 7.05 Å². The van der Waals surface area contributed by atoms with E-state index in [9.17, 15) is 0 Å². The second-order valence-electron chi connectivity index (χ2n) is 7.43. The van der Waals surface area contributed by atoms with E-state index in [-0.39, 0.29) is 11.6 Å². The van der Waals surface area contributed by atoms with Crippen LogP contribution in [-0.4, -0.2) is 32.9 Å². The first-order valence-corrected chi connectivity index (χ1v) is 9.85. The number of guanidine groups is 1. The van der Waals surface area contributed by atoms with Gasteiger partial charge in [0.1, 0.15) is 30.0 Å². The molecule has 1 aromatic carbocycles. The van der Waals surface area contributed by atoms with E-state index in [1.165, 1.54) is 18.4 Å². The Morgan fingerprint density at radius 1 is 1.33 bits per heavy atom. The SMILES string of the molecule is CCNC(=NCc1ncnn1C)NC1CC2(CCCC2)Oc2ccccc21. The molecule has 7 heteroatoms. The van der Waals surface area contributed by atoms with Crippen LogP contribution < -0.4 is 15.4 Å². The Bertz CT molecular complexity index is 808. The van der Waals surface area contributed by atoms with Crippen LogP contribution in [0.2, 0.25) is 0 Å². The summed E-state index contributed by atoms with van der Waals surface area (Å²) in [7, 11) is 1.89. The van der Waals surface area contributed by atoms with Gasteiger partial charge < -0.3 is 15.4 Å². The third kappa shape index (κ3) is 3.77. The summed E-state index contributed by atoms with van der Waals surface area (Å²) in [6.45, 7) is 3.37. The third-order valence-electron chi connectivity index (χ3n) is 5.55. The van der Waals surface area contributed by atoms with Gasteiger partial charge in [-0.3, -0.25) is 4.68 Å². The molecule has 27 heavy (non-hydrogen) atoms. The van der Waals surface area contributed by atoms with E-state index in [1.54, 1.807) is 11.0 Å². The van der Waals surface area contributed by atoms with Gasteiger partial charge in [-0.15, -0.1) is 0 Å². The van der Waals surface area contributed by atoms with Crippen molar-refractivity contribution in [2.75, 3.05) is 6.54 Å². The van der Waals surface area contributed by atoms with Crippen LogP contribution in [0.5, 0.6) is 5.75 Å². The van der Waals surface area contributed by atoms with Crippen molar-refractivity contribution in [3.05, 3.63) is 42.0 Å². The van der Waals surface area contributed by atoms with E-state index < -0.39 is 0 Å². The summed E-state index contributed by atoms with van der Waals surface area (Å²) >= 11 is 0. The van der Waals surface area contributed by atoms with Crippen molar-refractivity contribution < 1.29 is 4.74 Å². The standard InChI is InChI=1S/C20H28N6O/c1-3-21-19(22-13-18-23-14-24-26(18)2)25-16-12-20(10-6-7-11-20)27-17-9-5-4-8-15(16)17/h4-5,8-9,14,16H,3,6-7,10-13H2,1-2H3,(H2,21,22,25). The first-order valence-electron chi connectivity index (χ1n) is 9.85. The Morgan fingerprint density at radius 3 is 2.89 bits per heavy atom. The van der Waals surface area contributed by atoms with Gasteiger partial charge >= 0.3 is 0 Å². The fourth-order valence-electron chi connectivity index (χ4n) is 4.17. The fourth-order valence-corrected chi connectivity index (χ4v) is 4.17. The lowest BCUT2D eigenvalue weighted by molar-refractivity contribution is 0.0396. The maximum Gasteiger partial charge on any atom is 0.192 e. The lowest BCUT2D eigenvalue weighted by Crippen LogP contribution is -2.46. The molecular weight excluding hydrogens is 340 g/mol. The molecule has 1 aromatic heterocycles. The molecule has 4 rings (SSSR count). The van der Waals surface area contributed by atoms with E-state index in [2.05, 4.69) is 51.9 Å². The van der Waals surface area contributed by atoms with Gasteiger partial charge in [0.05, 0.1) is 6.04 Å². The summed E-state index contributed by atoms with van der Waals surface area (Å²) in [5.74, 6) is 2.65. The van der Waals surface area contributed by atoms with Gasteiger partial charge in [-0.25, -0.2) is 9.98 Å². The van der Waals surface area contributed by atoms with E-state index >= 15 is 0 Å². The molecule has 2 aliphatic rings. The second-order valence-corrected chi connectivity index (χ2v) is 7.43. The first-order chi connectivity index (χ1) is 13.2. The minimum Gasteiger partial charge on any atom is -0.487 e. The topological polar surface area (TPSA) is 76.4 Å². The minimum atomic E-state index is -0.0348. The van der Waals surface area contributed by atoms with Crippen molar-refractivity contribution in [2.24, 2.45) is 12.0 Å². The van der Waals surface area contributed by atoms with Gasteiger partial charge in [0.15, 0.2) is 5.96 Å². The van der Waals surface area contributed by atoms with Crippen LogP contribution in [0.15, 0.2) is 35.6 Å². The Morgan fingerprint density at radius 2 is 2.15 bits per heavy atom. The number of fused-ring (bicyclic) bond motifs is 1. The highest BCUT2D eigenvalue weighted by molar-refractivity contribution is 5.80. The van der Waals surface area contributed by atoms with Crippen molar-refractivity contribution in [1.29, 1.82) is 0 Å². The molecule has 1 atom stereocenters. The highest BCUT2D eigenvalue weighted by atomic mass is 16.5. The van der Waals surface area contributed by atoms with Crippen molar-refractivity contribution >= 4 is 5.96 Å². The number of ether oxygens (including phenoxy) is 1. The lowest BCUT2D eigenvalue weighted by atomic mass is 9.86. The monoisotopic (exact) mass is 368 g/mol. The number of nitrogens with one attached hydrogen (secondary N) is 2. The summed E-state index contributed by atoms with van der Waals surface area (Å²) in [4.78, 5) is 8.99. The van der Waals surface area contributed by atoms with E-state index in [4.69, 9.17) is 9.73 Å². The molecule has 7 nitrogen and oxygen atoms in total. The van der Waals surface area contributed by atoms with Gasteiger partial charge in [-0.05, 0) is 38.7 Å². The highest BCUT2D eigenvalue weighted by Crippen LogP contribution is 2.46. The maximum atomic E-state index is 6.46. The zero-order valence-electron chi connectivity index (χ0n) is 16.1. The molecule has 1 unspecified atom stereocenters. The summed E-state index contributed by atoms with van der Waals surface area (Å²) in [6.07, 6.45) is 7.28. The second kappa shape index (κ2) is 7.58. The quantitative estimate of drug-likeness (QED) is 0.641. The molecule has 1 aliphatic heterocycles. The number of hydrogen-bond acceptors (Lipinski definition) is 4. The Labute approximate surface area is 160 Å². The summed E-state index contributed by atoms with van der Waals surface area (Å²) < 4.78 is 8.22. The van der Waals surface area contributed by atoms with Crippen LogP contribution >= 0.6 is 0 Å². The van der Waals surface area contributed by atoms with Gasteiger partial charge in [0.25, 0.3) is 0 Å². The van der Waals surface area contributed by atoms with Crippen LogP contribution in [0.1, 0.15) is 56.5 Å². The van der Waals surface area contributed by atoms with E-state index in [0.717, 1.165) is 43.3 Å². The number of nitrogens with zero attached hydrogens (tertiary/aromatic N) is 4. The molecule has 144 valence electrons. The smallest absolute Gasteiger partial charge is 0.192 e. The molecule has 2 heterocycles. The molecule has 2 N–H and O–H groups in total. The van der Waals surface area contributed by atoms with Crippen molar-refractivity contribution in [1.82, 2.24) is 25.4 Å². The lowest BCUT2D eigenvalue weighted by Gasteiger charge is -2.40. The van der Waals surface area contributed by atoms with Crippen LogP contribution in [0.25, 0.3) is 0 Å². The normalized spacial score (nSPS) is 21.0. The largest absolute Gasteiger partial charge is 0.487 e. The van der Waals surface area contributed by atoms with Gasteiger partial charge in [-0.1, -0.05) is 18.2 Å². The number of hydrogen-bond donors (Lipinski definition) is 2. The fraction of sp³-hybridized carbons (Fsp3) is 0.550. The number of benzene rings is 1. The summed E-state index contributed by atoms with van der Waals surface area (Å²) in [6, 6.07) is 8.56. The van der Waals surface area contributed by atoms with Crippen LogP contribution in [0.3, 0.4) is 0 Å². The average molecular weight is 368 g/mol. The number of rotatable bonds is 4. The number of aromatic nitrogens is 3. The maximum absolute atomic E-state index is 6.46. The Kier molecular flexibility index (Phi) is 5.01. The van der Waals surface area contributed by atoms with Crippen LogP contribution in [0.4, 0.5) is 0 Å². The first kappa shape index (κ1) is 17.8. The Balaban J connectivity index is 1.57. The number of para-hydroxylation sites is 1. The molecule has 0 saturated heterocycles. The molecule has 0 amide bonds. The molecule has 1 aliphatic carbocycles. The molecule has 0 radical (unpaired) electrons. The van der Waals surface area contributed by atoms with Crippen molar-refractivity contribution in [2.45, 2.75) is 57.2 Å².